The molecule has 1 rings (SSSR count). The number of hydrogen-bond donors (Lipinski definition) is 1. The van der Waals surface area contributed by atoms with Gasteiger partial charge in [-0.25, -0.2) is 0 Å². The zero-order valence-electron chi connectivity index (χ0n) is 8.97. The SMILES string of the molecule is CCC(Br)CCNCc1cccc(Br)c1. The summed E-state index contributed by atoms with van der Waals surface area (Å²) in [7, 11) is 0. The van der Waals surface area contributed by atoms with Crippen LogP contribution in [0, 0.1) is 0 Å². The molecule has 0 saturated carbocycles. The van der Waals surface area contributed by atoms with Gasteiger partial charge in [0.15, 0.2) is 0 Å². The first-order chi connectivity index (χ1) is 7.22. The maximum Gasteiger partial charge on any atom is 0.0205 e. The third kappa shape index (κ3) is 5.69. The van der Waals surface area contributed by atoms with Crippen LogP contribution in [0.4, 0.5) is 0 Å². The minimum absolute atomic E-state index is 0.646. The number of hydrogen-bond acceptors (Lipinski definition) is 1. The fourth-order valence-electron chi connectivity index (χ4n) is 1.34. The molecule has 84 valence electrons. The third-order valence-corrected chi connectivity index (χ3v) is 3.89. The summed E-state index contributed by atoms with van der Waals surface area (Å²) in [5.74, 6) is 0. The second-order valence-corrected chi connectivity index (χ2v) is 5.81. The van der Waals surface area contributed by atoms with Crippen molar-refractivity contribution < 1.29 is 0 Å². The number of rotatable bonds is 6. The average Bonchev–Trinajstić information content (AvgIpc) is 2.24. The van der Waals surface area contributed by atoms with Crippen LogP contribution in [0.1, 0.15) is 25.3 Å². The van der Waals surface area contributed by atoms with Crippen molar-refractivity contribution in [3.05, 3.63) is 34.3 Å². The van der Waals surface area contributed by atoms with Crippen LogP contribution in [0.3, 0.4) is 0 Å². The van der Waals surface area contributed by atoms with E-state index in [0.29, 0.717) is 4.83 Å². The Bertz CT molecular complexity index is 289. The van der Waals surface area contributed by atoms with Gasteiger partial charge in [0.2, 0.25) is 0 Å². The molecule has 0 heterocycles. The van der Waals surface area contributed by atoms with Crippen LogP contribution >= 0.6 is 31.9 Å². The van der Waals surface area contributed by atoms with Crippen LogP contribution in [-0.4, -0.2) is 11.4 Å². The van der Waals surface area contributed by atoms with Crippen LogP contribution in [0.15, 0.2) is 28.7 Å². The molecule has 0 bridgehead atoms. The van der Waals surface area contributed by atoms with E-state index in [1.807, 2.05) is 0 Å². The van der Waals surface area contributed by atoms with E-state index in [4.69, 9.17) is 0 Å². The molecule has 0 spiro atoms. The van der Waals surface area contributed by atoms with Gasteiger partial charge in [0, 0.05) is 15.8 Å². The molecule has 1 N–H and O–H groups in total. The Morgan fingerprint density at radius 1 is 1.40 bits per heavy atom. The standard InChI is InChI=1S/C12H17Br2N/c1-2-11(13)6-7-15-9-10-4-3-5-12(14)8-10/h3-5,8,11,15H,2,6-7,9H2,1H3. The molecule has 1 nitrogen and oxygen atoms in total. The average molecular weight is 335 g/mol. The summed E-state index contributed by atoms with van der Waals surface area (Å²) in [6, 6.07) is 8.41. The van der Waals surface area contributed by atoms with E-state index in [1.165, 1.54) is 18.4 Å². The lowest BCUT2D eigenvalue weighted by Crippen LogP contribution is -2.17. The normalized spacial score (nSPS) is 12.7. The Balaban J connectivity index is 2.20. The number of benzene rings is 1. The Labute approximate surface area is 109 Å². The van der Waals surface area contributed by atoms with E-state index in [1.54, 1.807) is 0 Å². The highest BCUT2D eigenvalue weighted by Crippen LogP contribution is 2.11. The van der Waals surface area contributed by atoms with Crippen LogP contribution in [0.25, 0.3) is 0 Å². The maximum atomic E-state index is 3.63. The van der Waals surface area contributed by atoms with E-state index < -0.39 is 0 Å². The second-order valence-electron chi connectivity index (χ2n) is 3.60. The molecule has 1 atom stereocenters. The summed E-state index contributed by atoms with van der Waals surface area (Å²) in [4.78, 5) is 0.646. The Hall–Kier alpha value is 0.140. The van der Waals surface area contributed by atoms with Crippen molar-refractivity contribution in [2.24, 2.45) is 0 Å². The van der Waals surface area contributed by atoms with Gasteiger partial charge in [-0.05, 0) is 37.1 Å². The van der Waals surface area contributed by atoms with Crippen LogP contribution in [0.2, 0.25) is 0 Å². The smallest absolute Gasteiger partial charge is 0.0205 e. The zero-order chi connectivity index (χ0) is 11.1. The van der Waals surface area contributed by atoms with Crippen LogP contribution in [0.5, 0.6) is 0 Å². The van der Waals surface area contributed by atoms with E-state index in [0.717, 1.165) is 17.6 Å². The Morgan fingerprint density at radius 2 is 2.20 bits per heavy atom. The highest BCUT2D eigenvalue weighted by atomic mass is 79.9. The summed E-state index contributed by atoms with van der Waals surface area (Å²) >= 11 is 7.10. The molecule has 15 heavy (non-hydrogen) atoms. The van der Waals surface area contributed by atoms with Crippen molar-refractivity contribution in [2.75, 3.05) is 6.54 Å². The lowest BCUT2D eigenvalue weighted by molar-refractivity contribution is 0.630. The summed E-state index contributed by atoms with van der Waals surface area (Å²) < 4.78 is 1.15. The molecule has 0 aromatic heterocycles. The molecule has 0 saturated heterocycles. The number of alkyl halides is 1. The van der Waals surface area contributed by atoms with Crippen molar-refractivity contribution in [3.8, 4) is 0 Å². The molecule has 1 aromatic rings. The van der Waals surface area contributed by atoms with Gasteiger partial charge in [0.05, 0.1) is 0 Å². The third-order valence-electron chi connectivity index (χ3n) is 2.30. The quantitative estimate of drug-likeness (QED) is 0.610. The Morgan fingerprint density at radius 3 is 2.87 bits per heavy atom. The van der Waals surface area contributed by atoms with Gasteiger partial charge in [0.1, 0.15) is 0 Å². The number of halogens is 2. The molecule has 0 amide bonds. The molecule has 0 aliphatic carbocycles. The summed E-state index contributed by atoms with van der Waals surface area (Å²) in [5.41, 5.74) is 1.33. The van der Waals surface area contributed by atoms with E-state index in [9.17, 15) is 0 Å². The monoisotopic (exact) mass is 333 g/mol. The van der Waals surface area contributed by atoms with Crippen molar-refractivity contribution in [1.29, 1.82) is 0 Å². The first-order valence-corrected chi connectivity index (χ1v) is 7.02. The van der Waals surface area contributed by atoms with Gasteiger partial charge in [-0.3, -0.25) is 0 Å². The molecule has 0 fully saturated rings. The van der Waals surface area contributed by atoms with Gasteiger partial charge in [-0.2, -0.15) is 0 Å². The van der Waals surface area contributed by atoms with Gasteiger partial charge >= 0.3 is 0 Å². The lowest BCUT2D eigenvalue weighted by Gasteiger charge is -2.08. The van der Waals surface area contributed by atoms with Crippen molar-refractivity contribution in [3.63, 3.8) is 0 Å². The van der Waals surface area contributed by atoms with Gasteiger partial charge in [0.25, 0.3) is 0 Å². The first-order valence-electron chi connectivity index (χ1n) is 5.31. The lowest BCUT2D eigenvalue weighted by atomic mass is 10.2. The topological polar surface area (TPSA) is 12.0 Å². The fraction of sp³-hybridized carbons (Fsp3) is 0.500. The molecular weight excluding hydrogens is 318 g/mol. The fourth-order valence-corrected chi connectivity index (χ4v) is 2.02. The molecule has 0 aliphatic rings. The van der Waals surface area contributed by atoms with E-state index in [-0.39, 0.29) is 0 Å². The summed E-state index contributed by atoms with van der Waals surface area (Å²) in [6.45, 7) is 4.22. The predicted octanol–water partition coefficient (Wildman–Crippen LogP) is 4.10. The molecule has 0 radical (unpaired) electrons. The molecule has 1 aromatic carbocycles. The maximum absolute atomic E-state index is 3.63. The molecule has 1 unspecified atom stereocenters. The van der Waals surface area contributed by atoms with Crippen molar-refractivity contribution in [1.82, 2.24) is 5.32 Å². The number of nitrogens with one attached hydrogen (secondary N) is 1. The van der Waals surface area contributed by atoms with E-state index >= 15 is 0 Å². The van der Waals surface area contributed by atoms with Gasteiger partial charge in [-0.15, -0.1) is 0 Å². The van der Waals surface area contributed by atoms with Gasteiger partial charge in [-0.1, -0.05) is 50.9 Å². The largest absolute Gasteiger partial charge is 0.313 e. The summed E-state index contributed by atoms with van der Waals surface area (Å²) in [6.07, 6.45) is 2.38. The van der Waals surface area contributed by atoms with Crippen LogP contribution < -0.4 is 5.32 Å². The zero-order valence-corrected chi connectivity index (χ0v) is 12.1. The Kier molecular flexibility index (Phi) is 6.53. The molecule has 0 aliphatic heterocycles. The van der Waals surface area contributed by atoms with Crippen molar-refractivity contribution in [2.45, 2.75) is 31.1 Å². The van der Waals surface area contributed by atoms with Crippen molar-refractivity contribution >= 4 is 31.9 Å². The molecular formula is C12H17Br2N. The second kappa shape index (κ2) is 7.42. The van der Waals surface area contributed by atoms with Gasteiger partial charge < -0.3 is 5.32 Å². The van der Waals surface area contributed by atoms with Crippen LogP contribution in [-0.2, 0) is 6.54 Å². The highest BCUT2D eigenvalue weighted by Gasteiger charge is 1.99. The first kappa shape index (κ1) is 13.2. The minimum Gasteiger partial charge on any atom is -0.313 e. The summed E-state index contributed by atoms with van der Waals surface area (Å²) in [5, 5.41) is 3.44. The minimum atomic E-state index is 0.646. The predicted molar refractivity (Wildman–Crippen MR) is 73.5 cm³/mol. The highest BCUT2D eigenvalue weighted by molar-refractivity contribution is 9.10. The molecule has 3 heteroatoms. The van der Waals surface area contributed by atoms with E-state index in [2.05, 4.69) is 68.4 Å².